The van der Waals surface area contributed by atoms with Crippen molar-refractivity contribution in [2.75, 3.05) is 41.9 Å². The van der Waals surface area contributed by atoms with Gasteiger partial charge in [-0.3, -0.25) is 4.79 Å². The van der Waals surface area contributed by atoms with Gasteiger partial charge in [-0.05, 0) is 49.2 Å². The number of hydrogen-bond donors (Lipinski definition) is 1. The van der Waals surface area contributed by atoms with Crippen LogP contribution in [0, 0.1) is 0 Å². The molecule has 1 N–H and O–H groups in total. The number of fused-ring (bicyclic) bond motifs is 3. The van der Waals surface area contributed by atoms with Crippen LogP contribution < -0.4 is 24.6 Å². The van der Waals surface area contributed by atoms with E-state index in [1.807, 2.05) is 42.5 Å². The van der Waals surface area contributed by atoms with Gasteiger partial charge in [0, 0.05) is 37.6 Å². The van der Waals surface area contributed by atoms with E-state index in [0.717, 1.165) is 54.4 Å². The van der Waals surface area contributed by atoms with Crippen LogP contribution in [0.25, 0.3) is 0 Å². The van der Waals surface area contributed by atoms with E-state index in [1.54, 1.807) is 18.2 Å². The maximum atomic E-state index is 13.9. The van der Waals surface area contributed by atoms with Crippen molar-refractivity contribution in [3.8, 4) is 11.5 Å². The molecule has 1 fully saturated rings. The van der Waals surface area contributed by atoms with Gasteiger partial charge in [0.25, 0.3) is 5.91 Å². The second-order valence-electron chi connectivity index (χ2n) is 9.07. The number of pyridine rings is 1. The molecule has 6 rings (SSSR count). The first-order chi connectivity index (χ1) is 17.2. The third-order valence-electron chi connectivity index (χ3n) is 6.87. The van der Waals surface area contributed by atoms with Crippen LogP contribution >= 0.6 is 0 Å². The lowest BCUT2D eigenvalue weighted by atomic mass is 10.1. The first-order valence-electron chi connectivity index (χ1n) is 12.0. The van der Waals surface area contributed by atoms with Crippen molar-refractivity contribution in [3.05, 3.63) is 66.4 Å². The van der Waals surface area contributed by atoms with Crippen LogP contribution in [-0.2, 0) is 16.1 Å². The van der Waals surface area contributed by atoms with Gasteiger partial charge < -0.3 is 29.3 Å². The highest BCUT2D eigenvalue weighted by Gasteiger charge is 2.35. The summed E-state index contributed by atoms with van der Waals surface area (Å²) in [6, 6.07) is 17.5. The minimum Gasteiger partial charge on any atom is -0.485 e. The SMILES string of the molecule is CO[C@H]1CCCN(c2ccc3c(c2)N(C(=O)[C@H]2COc4ccccc4O2)Cc2cccnc2N3)C1. The number of rotatable bonds is 3. The highest BCUT2D eigenvalue weighted by Crippen LogP contribution is 2.39. The summed E-state index contributed by atoms with van der Waals surface area (Å²) in [7, 11) is 1.77. The Bertz CT molecular complexity index is 1250. The molecule has 3 aromatic rings. The quantitative estimate of drug-likeness (QED) is 0.614. The van der Waals surface area contributed by atoms with E-state index in [4.69, 9.17) is 14.2 Å². The topological polar surface area (TPSA) is 76.2 Å². The van der Waals surface area contributed by atoms with Gasteiger partial charge in [0.2, 0.25) is 6.10 Å². The van der Waals surface area contributed by atoms with Crippen LogP contribution in [-0.4, -0.2) is 49.9 Å². The van der Waals surface area contributed by atoms with Gasteiger partial charge in [-0.2, -0.15) is 0 Å². The number of amides is 1. The Kier molecular flexibility index (Phi) is 5.66. The van der Waals surface area contributed by atoms with Crippen molar-refractivity contribution in [3.63, 3.8) is 0 Å². The van der Waals surface area contributed by atoms with E-state index < -0.39 is 6.10 Å². The summed E-state index contributed by atoms with van der Waals surface area (Å²) in [6.07, 6.45) is 3.35. The normalized spacial score (nSPS) is 20.8. The fraction of sp³-hybridized carbons (Fsp3) is 0.333. The van der Waals surface area contributed by atoms with Crippen molar-refractivity contribution < 1.29 is 19.0 Å². The third-order valence-corrected chi connectivity index (χ3v) is 6.87. The number of carbonyl (C=O) groups excluding carboxylic acids is 1. The molecule has 0 radical (unpaired) electrons. The lowest BCUT2D eigenvalue weighted by Crippen LogP contribution is -2.46. The molecule has 1 aromatic heterocycles. The number of hydrogen-bond acceptors (Lipinski definition) is 7. The molecule has 8 heteroatoms. The van der Waals surface area contributed by atoms with E-state index >= 15 is 0 Å². The summed E-state index contributed by atoms with van der Waals surface area (Å²) in [4.78, 5) is 22.5. The van der Waals surface area contributed by atoms with Crippen LogP contribution in [0.2, 0.25) is 0 Å². The molecule has 35 heavy (non-hydrogen) atoms. The Morgan fingerprint density at radius 3 is 2.91 bits per heavy atom. The van der Waals surface area contributed by atoms with Crippen molar-refractivity contribution >= 4 is 28.8 Å². The largest absolute Gasteiger partial charge is 0.485 e. The molecule has 2 aromatic carbocycles. The van der Waals surface area contributed by atoms with Crippen molar-refractivity contribution in [2.24, 2.45) is 0 Å². The van der Waals surface area contributed by atoms with Crippen molar-refractivity contribution in [2.45, 2.75) is 31.6 Å². The highest BCUT2D eigenvalue weighted by atomic mass is 16.6. The molecule has 0 bridgehead atoms. The molecule has 0 saturated carbocycles. The maximum absolute atomic E-state index is 13.9. The molecule has 1 saturated heterocycles. The first-order valence-corrected chi connectivity index (χ1v) is 12.0. The predicted molar refractivity (Wildman–Crippen MR) is 134 cm³/mol. The van der Waals surface area contributed by atoms with Gasteiger partial charge in [0.05, 0.1) is 24.0 Å². The number of carbonyl (C=O) groups is 1. The molecule has 8 nitrogen and oxygen atoms in total. The van der Waals surface area contributed by atoms with Gasteiger partial charge in [0.15, 0.2) is 11.5 Å². The summed E-state index contributed by atoms with van der Waals surface area (Å²) in [5.74, 6) is 1.84. The van der Waals surface area contributed by atoms with Gasteiger partial charge in [-0.1, -0.05) is 18.2 Å². The predicted octanol–water partition coefficient (Wildman–Crippen LogP) is 4.13. The number of anilines is 4. The summed E-state index contributed by atoms with van der Waals surface area (Å²) < 4.78 is 17.6. The van der Waals surface area contributed by atoms with Gasteiger partial charge in [-0.25, -0.2) is 4.98 Å². The number of methoxy groups -OCH3 is 1. The second kappa shape index (κ2) is 9.11. The van der Waals surface area contributed by atoms with Gasteiger partial charge in [0.1, 0.15) is 12.4 Å². The Morgan fingerprint density at radius 1 is 1.14 bits per heavy atom. The highest BCUT2D eigenvalue weighted by molar-refractivity contribution is 6.01. The number of nitrogens with one attached hydrogen (secondary N) is 1. The lowest BCUT2D eigenvalue weighted by Gasteiger charge is -2.35. The number of aromatic nitrogens is 1. The molecule has 2 atom stereocenters. The zero-order valence-electron chi connectivity index (χ0n) is 19.6. The second-order valence-corrected chi connectivity index (χ2v) is 9.07. The van der Waals surface area contributed by atoms with Crippen LogP contribution in [0.15, 0.2) is 60.8 Å². The Morgan fingerprint density at radius 2 is 2.03 bits per heavy atom. The van der Waals surface area contributed by atoms with Crippen LogP contribution in [0.3, 0.4) is 0 Å². The standard InChI is InChI=1S/C27H28N4O4/c1-33-20-7-5-13-30(16-20)19-10-11-21-22(14-19)31(15-18-6-4-12-28-26(18)29-21)27(32)25-17-34-23-8-2-3-9-24(23)35-25/h2-4,6,8-12,14,20,25H,5,7,13,15-17H2,1H3,(H,28,29)/t20-,25+/m0/s1. The minimum absolute atomic E-state index is 0.148. The zero-order valence-corrected chi connectivity index (χ0v) is 19.6. The van der Waals surface area contributed by atoms with E-state index in [9.17, 15) is 4.79 Å². The van der Waals surface area contributed by atoms with Crippen molar-refractivity contribution in [1.82, 2.24) is 4.98 Å². The van der Waals surface area contributed by atoms with E-state index in [0.29, 0.717) is 18.0 Å². The molecule has 3 aliphatic rings. The third kappa shape index (κ3) is 4.14. The van der Waals surface area contributed by atoms with Crippen LogP contribution in [0.1, 0.15) is 18.4 Å². The fourth-order valence-electron chi connectivity index (χ4n) is 4.98. The molecule has 0 aliphatic carbocycles. The molecular formula is C27H28N4O4. The molecular weight excluding hydrogens is 444 g/mol. The summed E-state index contributed by atoms with van der Waals surface area (Å²) in [6.45, 7) is 2.33. The summed E-state index contributed by atoms with van der Waals surface area (Å²) in [5.41, 5.74) is 3.63. The van der Waals surface area contributed by atoms with E-state index in [-0.39, 0.29) is 18.6 Å². The summed E-state index contributed by atoms with van der Waals surface area (Å²) in [5, 5.41) is 3.44. The lowest BCUT2D eigenvalue weighted by molar-refractivity contribution is -0.127. The smallest absolute Gasteiger partial charge is 0.272 e. The average Bonchev–Trinajstić information content (AvgIpc) is 3.08. The maximum Gasteiger partial charge on any atom is 0.272 e. The van der Waals surface area contributed by atoms with Crippen LogP contribution in [0.5, 0.6) is 11.5 Å². The average molecular weight is 473 g/mol. The minimum atomic E-state index is -0.743. The number of ether oxygens (including phenoxy) is 3. The Hall–Kier alpha value is -3.78. The monoisotopic (exact) mass is 472 g/mol. The number of piperidine rings is 1. The molecule has 4 heterocycles. The van der Waals surface area contributed by atoms with Gasteiger partial charge >= 0.3 is 0 Å². The van der Waals surface area contributed by atoms with E-state index in [1.165, 1.54) is 0 Å². The fourth-order valence-corrected chi connectivity index (χ4v) is 4.98. The number of nitrogens with zero attached hydrogens (tertiary/aromatic N) is 3. The summed E-state index contributed by atoms with van der Waals surface area (Å²) >= 11 is 0. The molecule has 1 amide bonds. The molecule has 3 aliphatic heterocycles. The molecule has 180 valence electrons. The van der Waals surface area contributed by atoms with Crippen molar-refractivity contribution in [1.29, 1.82) is 0 Å². The molecule has 0 spiro atoms. The first kappa shape index (κ1) is 21.7. The van der Waals surface area contributed by atoms with E-state index in [2.05, 4.69) is 27.3 Å². The van der Waals surface area contributed by atoms with Gasteiger partial charge in [-0.15, -0.1) is 0 Å². The van der Waals surface area contributed by atoms with Crippen LogP contribution in [0.4, 0.5) is 22.9 Å². The Labute approximate surface area is 204 Å². The Balaban J connectivity index is 1.36. The number of benzene rings is 2. The zero-order chi connectivity index (χ0) is 23.8. The number of para-hydroxylation sites is 2. The molecule has 0 unspecified atom stereocenters.